The zero-order valence-electron chi connectivity index (χ0n) is 7.52. The molecule has 0 fully saturated rings. The van der Waals surface area contributed by atoms with Gasteiger partial charge in [0.1, 0.15) is 0 Å². The zero-order valence-corrected chi connectivity index (χ0v) is 7.52. The molecule has 0 aromatic heterocycles. The normalized spacial score (nSPS) is 28.8. The van der Waals surface area contributed by atoms with Crippen LogP contribution in [0.2, 0.25) is 0 Å². The van der Waals surface area contributed by atoms with E-state index in [-0.39, 0.29) is 0 Å². The first-order valence-corrected chi connectivity index (χ1v) is 4.83. The van der Waals surface area contributed by atoms with Gasteiger partial charge in [-0.2, -0.15) is 0 Å². The third kappa shape index (κ3) is 1.06. The molecule has 2 rings (SSSR count). The third-order valence-corrected chi connectivity index (χ3v) is 2.91. The molecule has 1 N–H and O–H groups in total. The lowest BCUT2D eigenvalue weighted by atomic mass is 10.0. The van der Waals surface area contributed by atoms with Crippen LogP contribution in [0, 0.1) is 5.92 Å². The maximum atomic E-state index is 11.7. The Morgan fingerprint density at radius 3 is 3.08 bits per heavy atom. The van der Waals surface area contributed by atoms with E-state index in [2.05, 4.69) is 12.2 Å². The van der Waals surface area contributed by atoms with Crippen LogP contribution in [0.4, 0.5) is 0 Å². The minimum Gasteiger partial charge on any atom is -0.382 e. The molecule has 66 valence electrons. The molecular formula is C10H15NO. The molecule has 0 aromatic rings. The summed E-state index contributed by atoms with van der Waals surface area (Å²) < 4.78 is 0. The second-order valence-corrected chi connectivity index (χ2v) is 3.68. The summed E-state index contributed by atoms with van der Waals surface area (Å²) in [5.41, 5.74) is 2.35. The van der Waals surface area contributed by atoms with Gasteiger partial charge in [0.05, 0.1) is 5.70 Å². The Labute approximate surface area is 73.0 Å². The van der Waals surface area contributed by atoms with Gasteiger partial charge in [0.2, 0.25) is 0 Å². The van der Waals surface area contributed by atoms with E-state index in [4.69, 9.17) is 0 Å². The average Bonchev–Trinajstić information content (AvgIpc) is 2.44. The number of carbonyl (C=O) groups is 1. The van der Waals surface area contributed by atoms with E-state index >= 15 is 0 Å². The molecule has 0 saturated heterocycles. The lowest BCUT2D eigenvalue weighted by Crippen LogP contribution is -2.25. The Morgan fingerprint density at radius 2 is 2.42 bits per heavy atom. The lowest BCUT2D eigenvalue weighted by Gasteiger charge is -2.14. The van der Waals surface area contributed by atoms with Crippen molar-refractivity contribution in [2.75, 3.05) is 6.54 Å². The van der Waals surface area contributed by atoms with Crippen LogP contribution < -0.4 is 5.32 Å². The fraction of sp³-hybridized carbons (Fsp3) is 0.700. The molecule has 2 aliphatic rings. The van der Waals surface area contributed by atoms with E-state index in [9.17, 15) is 4.79 Å². The van der Waals surface area contributed by atoms with Crippen molar-refractivity contribution in [1.29, 1.82) is 0 Å². The molecular weight excluding hydrogens is 150 g/mol. The molecule has 2 heteroatoms. The van der Waals surface area contributed by atoms with Crippen LogP contribution >= 0.6 is 0 Å². The second kappa shape index (κ2) is 2.92. The van der Waals surface area contributed by atoms with Crippen LogP contribution in [-0.4, -0.2) is 12.3 Å². The number of Topliss-reactive ketones (excluding diaryl/α,β-unsaturated/α-hetero) is 1. The Kier molecular flexibility index (Phi) is 1.91. The number of allylic oxidation sites excluding steroid dienone is 2. The molecule has 1 unspecified atom stereocenters. The number of hydrogen-bond acceptors (Lipinski definition) is 2. The highest BCUT2D eigenvalue weighted by Crippen LogP contribution is 2.33. The predicted molar refractivity (Wildman–Crippen MR) is 47.7 cm³/mol. The molecule has 1 atom stereocenters. The van der Waals surface area contributed by atoms with E-state index < -0.39 is 0 Å². The minimum atomic E-state index is 0.292. The highest BCUT2D eigenvalue weighted by Gasteiger charge is 2.32. The maximum Gasteiger partial charge on any atom is 0.181 e. The van der Waals surface area contributed by atoms with Gasteiger partial charge in [-0.3, -0.25) is 4.79 Å². The van der Waals surface area contributed by atoms with Crippen molar-refractivity contribution in [3.8, 4) is 0 Å². The average molecular weight is 165 g/mol. The largest absolute Gasteiger partial charge is 0.382 e. The van der Waals surface area contributed by atoms with Gasteiger partial charge in [-0.25, -0.2) is 0 Å². The van der Waals surface area contributed by atoms with Crippen LogP contribution in [-0.2, 0) is 4.79 Å². The van der Waals surface area contributed by atoms with Gasteiger partial charge in [0.15, 0.2) is 5.78 Å². The topological polar surface area (TPSA) is 29.1 Å². The molecule has 0 radical (unpaired) electrons. The highest BCUT2D eigenvalue weighted by molar-refractivity contribution is 6.00. The van der Waals surface area contributed by atoms with Gasteiger partial charge in [-0.05, 0) is 31.3 Å². The molecule has 0 bridgehead atoms. The molecule has 0 saturated carbocycles. The predicted octanol–water partition coefficient (Wildman–Crippen LogP) is 1.62. The molecule has 1 aliphatic heterocycles. The summed E-state index contributed by atoms with van der Waals surface area (Å²) in [6, 6.07) is 0. The third-order valence-electron chi connectivity index (χ3n) is 2.91. The monoisotopic (exact) mass is 165 g/mol. The Balaban J connectivity index is 2.20. The molecule has 0 spiro atoms. The molecule has 12 heavy (non-hydrogen) atoms. The van der Waals surface area contributed by atoms with Gasteiger partial charge in [-0.1, -0.05) is 6.92 Å². The molecule has 1 aliphatic carbocycles. The Morgan fingerprint density at radius 1 is 1.58 bits per heavy atom. The van der Waals surface area contributed by atoms with E-state index in [1.807, 2.05) is 0 Å². The first-order chi connectivity index (χ1) is 5.83. The lowest BCUT2D eigenvalue weighted by molar-refractivity contribution is -0.118. The summed E-state index contributed by atoms with van der Waals surface area (Å²) in [6.07, 6.45) is 4.36. The number of nitrogens with one attached hydrogen (secondary N) is 1. The van der Waals surface area contributed by atoms with Crippen molar-refractivity contribution in [3.63, 3.8) is 0 Å². The Bertz CT molecular complexity index is 242. The van der Waals surface area contributed by atoms with Gasteiger partial charge in [0.25, 0.3) is 0 Å². The summed E-state index contributed by atoms with van der Waals surface area (Å²) in [6.45, 7) is 3.09. The van der Waals surface area contributed by atoms with Gasteiger partial charge >= 0.3 is 0 Å². The maximum absolute atomic E-state index is 11.7. The fourth-order valence-corrected chi connectivity index (χ4v) is 2.15. The number of rotatable bonds is 1. The van der Waals surface area contributed by atoms with Crippen LogP contribution in [0.3, 0.4) is 0 Å². The van der Waals surface area contributed by atoms with Crippen LogP contribution in [0.15, 0.2) is 11.3 Å². The fourth-order valence-electron chi connectivity index (χ4n) is 2.15. The van der Waals surface area contributed by atoms with Gasteiger partial charge in [-0.15, -0.1) is 0 Å². The smallest absolute Gasteiger partial charge is 0.181 e. The zero-order chi connectivity index (χ0) is 8.55. The SMILES string of the molecule is CCC1CC2=C(NCCC2)C1=O. The quantitative estimate of drug-likeness (QED) is 0.639. The Hall–Kier alpha value is -0.790. The van der Waals surface area contributed by atoms with E-state index in [0.717, 1.165) is 31.5 Å². The number of hydrogen-bond donors (Lipinski definition) is 1. The van der Waals surface area contributed by atoms with Crippen molar-refractivity contribution < 1.29 is 4.79 Å². The molecule has 2 nitrogen and oxygen atoms in total. The second-order valence-electron chi connectivity index (χ2n) is 3.68. The summed E-state index contributed by atoms with van der Waals surface area (Å²) in [4.78, 5) is 11.7. The van der Waals surface area contributed by atoms with Crippen LogP contribution in [0.1, 0.15) is 32.6 Å². The van der Waals surface area contributed by atoms with Crippen molar-refractivity contribution in [2.45, 2.75) is 32.6 Å². The molecule has 0 amide bonds. The van der Waals surface area contributed by atoms with E-state index in [0.29, 0.717) is 11.7 Å². The van der Waals surface area contributed by atoms with Crippen molar-refractivity contribution in [3.05, 3.63) is 11.3 Å². The summed E-state index contributed by atoms with van der Waals surface area (Å²) >= 11 is 0. The standard InChI is InChI=1S/C10H15NO/c1-2-7-6-8-4-3-5-11-9(8)10(7)12/h7,11H,2-6H2,1H3. The van der Waals surface area contributed by atoms with Gasteiger partial charge in [0, 0.05) is 12.5 Å². The van der Waals surface area contributed by atoms with Crippen molar-refractivity contribution >= 4 is 5.78 Å². The summed E-state index contributed by atoms with van der Waals surface area (Å²) in [5.74, 6) is 0.660. The molecule has 1 heterocycles. The number of carbonyl (C=O) groups excluding carboxylic acids is 1. The summed E-state index contributed by atoms with van der Waals surface area (Å²) in [5, 5.41) is 3.23. The first kappa shape index (κ1) is 7.84. The van der Waals surface area contributed by atoms with Gasteiger partial charge < -0.3 is 5.32 Å². The minimum absolute atomic E-state index is 0.292. The highest BCUT2D eigenvalue weighted by atomic mass is 16.1. The van der Waals surface area contributed by atoms with E-state index in [1.165, 1.54) is 12.0 Å². The van der Waals surface area contributed by atoms with E-state index in [1.54, 1.807) is 0 Å². The number of ketones is 1. The van der Waals surface area contributed by atoms with Crippen molar-refractivity contribution in [1.82, 2.24) is 5.32 Å². The van der Waals surface area contributed by atoms with Crippen LogP contribution in [0.25, 0.3) is 0 Å². The summed E-state index contributed by atoms with van der Waals surface area (Å²) in [7, 11) is 0. The van der Waals surface area contributed by atoms with Crippen molar-refractivity contribution in [2.24, 2.45) is 5.92 Å². The van der Waals surface area contributed by atoms with Crippen LogP contribution in [0.5, 0.6) is 0 Å². The first-order valence-electron chi connectivity index (χ1n) is 4.83. The molecule has 0 aromatic carbocycles.